The zero-order valence-electron chi connectivity index (χ0n) is 11.8. The second kappa shape index (κ2) is 7.51. The van der Waals surface area contributed by atoms with Gasteiger partial charge in [0.2, 0.25) is 0 Å². The number of para-hydroxylation sites is 1. The summed E-state index contributed by atoms with van der Waals surface area (Å²) in [7, 11) is 0. The number of hydrogen-bond donors (Lipinski definition) is 2. The molecule has 19 heavy (non-hydrogen) atoms. The Bertz CT molecular complexity index is 375. The molecule has 0 spiro atoms. The summed E-state index contributed by atoms with van der Waals surface area (Å²) in [5.41, 5.74) is 2.28. The van der Waals surface area contributed by atoms with E-state index in [1.807, 2.05) is 18.2 Å². The van der Waals surface area contributed by atoms with Crippen LogP contribution in [0.1, 0.15) is 37.7 Å². The molecule has 106 valence electrons. The van der Waals surface area contributed by atoms with Gasteiger partial charge in [0, 0.05) is 12.2 Å². The van der Waals surface area contributed by atoms with Gasteiger partial charge >= 0.3 is 0 Å². The Morgan fingerprint density at radius 2 is 2.00 bits per heavy atom. The van der Waals surface area contributed by atoms with Crippen LogP contribution in [-0.2, 0) is 4.74 Å². The maximum atomic E-state index is 9.94. The number of benzene rings is 1. The number of ether oxygens (including phenoxy) is 1. The Balaban J connectivity index is 1.66. The van der Waals surface area contributed by atoms with E-state index in [-0.39, 0.29) is 0 Å². The SMILES string of the molecule is Cc1ccccc1NCC(O)COC1CCCCC1. The van der Waals surface area contributed by atoms with Crippen molar-refractivity contribution in [2.45, 2.75) is 51.2 Å². The molecule has 2 N–H and O–H groups in total. The Kier molecular flexibility index (Phi) is 5.67. The van der Waals surface area contributed by atoms with Crippen molar-refractivity contribution in [2.24, 2.45) is 0 Å². The first kappa shape index (κ1) is 14.4. The van der Waals surface area contributed by atoms with Crippen molar-refractivity contribution in [1.82, 2.24) is 0 Å². The zero-order chi connectivity index (χ0) is 13.5. The number of aliphatic hydroxyl groups excluding tert-OH is 1. The van der Waals surface area contributed by atoms with Crippen molar-refractivity contribution in [1.29, 1.82) is 0 Å². The van der Waals surface area contributed by atoms with Gasteiger partial charge in [0.25, 0.3) is 0 Å². The van der Waals surface area contributed by atoms with Gasteiger partial charge in [-0.15, -0.1) is 0 Å². The number of aliphatic hydroxyl groups is 1. The average Bonchev–Trinajstić information content (AvgIpc) is 2.45. The number of aryl methyl sites for hydroxylation is 1. The minimum atomic E-state index is -0.443. The second-order valence-corrected chi connectivity index (χ2v) is 5.44. The van der Waals surface area contributed by atoms with E-state index in [2.05, 4.69) is 18.3 Å². The molecule has 3 heteroatoms. The summed E-state index contributed by atoms with van der Waals surface area (Å²) in [6, 6.07) is 8.11. The fraction of sp³-hybridized carbons (Fsp3) is 0.625. The van der Waals surface area contributed by atoms with Crippen molar-refractivity contribution in [3.8, 4) is 0 Å². The summed E-state index contributed by atoms with van der Waals surface area (Å²) in [6.45, 7) is 3.04. The van der Waals surface area contributed by atoms with Crippen LogP contribution in [-0.4, -0.2) is 30.5 Å². The second-order valence-electron chi connectivity index (χ2n) is 5.44. The van der Waals surface area contributed by atoms with Crippen LogP contribution in [0.15, 0.2) is 24.3 Å². The van der Waals surface area contributed by atoms with Gasteiger partial charge in [-0.3, -0.25) is 0 Å². The standard InChI is InChI=1S/C16H25NO2/c1-13-7-5-6-10-16(13)17-11-14(18)12-19-15-8-3-2-4-9-15/h5-7,10,14-15,17-18H,2-4,8-9,11-12H2,1H3. The molecule has 0 heterocycles. The number of hydrogen-bond acceptors (Lipinski definition) is 3. The zero-order valence-corrected chi connectivity index (χ0v) is 11.8. The highest BCUT2D eigenvalue weighted by Crippen LogP contribution is 2.20. The molecule has 0 aliphatic heterocycles. The van der Waals surface area contributed by atoms with Gasteiger partial charge in [-0.25, -0.2) is 0 Å². The van der Waals surface area contributed by atoms with Crippen LogP contribution in [0.3, 0.4) is 0 Å². The lowest BCUT2D eigenvalue weighted by Crippen LogP contribution is -2.28. The van der Waals surface area contributed by atoms with Crippen LogP contribution >= 0.6 is 0 Å². The molecule has 1 aliphatic rings. The van der Waals surface area contributed by atoms with E-state index >= 15 is 0 Å². The maximum Gasteiger partial charge on any atom is 0.0945 e. The third-order valence-electron chi connectivity index (χ3n) is 3.75. The minimum absolute atomic E-state index is 0.363. The first-order valence-electron chi connectivity index (χ1n) is 7.35. The van der Waals surface area contributed by atoms with Crippen molar-refractivity contribution in [2.75, 3.05) is 18.5 Å². The molecule has 1 atom stereocenters. The molecule has 1 aromatic rings. The Labute approximate surface area is 116 Å². The largest absolute Gasteiger partial charge is 0.389 e. The summed E-state index contributed by atoms with van der Waals surface area (Å²) in [5, 5.41) is 13.2. The Morgan fingerprint density at radius 3 is 2.74 bits per heavy atom. The average molecular weight is 263 g/mol. The van der Waals surface area contributed by atoms with E-state index in [1.165, 1.54) is 24.8 Å². The molecular weight excluding hydrogens is 238 g/mol. The molecule has 0 bridgehead atoms. The Morgan fingerprint density at radius 1 is 1.26 bits per heavy atom. The van der Waals surface area contributed by atoms with Crippen LogP contribution in [0.25, 0.3) is 0 Å². The molecule has 1 fully saturated rings. The van der Waals surface area contributed by atoms with Gasteiger partial charge in [0.15, 0.2) is 0 Å². The van der Waals surface area contributed by atoms with E-state index in [1.54, 1.807) is 0 Å². The summed E-state index contributed by atoms with van der Waals surface area (Å²) >= 11 is 0. The topological polar surface area (TPSA) is 41.5 Å². The molecule has 1 unspecified atom stereocenters. The fourth-order valence-corrected chi connectivity index (χ4v) is 2.54. The highest BCUT2D eigenvalue weighted by atomic mass is 16.5. The lowest BCUT2D eigenvalue weighted by atomic mass is 9.98. The molecule has 3 nitrogen and oxygen atoms in total. The summed E-state index contributed by atoms with van der Waals surface area (Å²) in [4.78, 5) is 0. The van der Waals surface area contributed by atoms with Crippen molar-refractivity contribution in [3.63, 3.8) is 0 Å². The van der Waals surface area contributed by atoms with E-state index in [0.29, 0.717) is 19.3 Å². The predicted octanol–water partition coefficient (Wildman–Crippen LogP) is 3.12. The lowest BCUT2D eigenvalue weighted by molar-refractivity contribution is -0.0195. The first-order chi connectivity index (χ1) is 9.25. The van der Waals surface area contributed by atoms with Gasteiger partial charge in [-0.05, 0) is 31.4 Å². The molecule has 1 saturated carbocycles. The highest BCUT2D eigenvalue weighted by molar-refractivity contribution is 5.50. The number of rotatable bonds is 6. The van der Waals surface area contributed by atoms with Crippen molar-refractivity contribution in [3.05, 3.63) is 29.8 Å². The van der Waals surface area contributed by atoms with Gasteiger partial charge < -0.3 is 15.2 Å². The number of nitrogens with one attached hydrogen (secondary N) is 1. The Hall–Kier alpha value is -1.06. The van der Waals surface area contributed by atoms with E-state index in [0.717, 1.165) is 18.5 Å². The van der Waals surface area contributed by atoms with Crippen molar-refractivity contribution < 1.29 is 9.84 Å². The minimum Gasteiger partial charge on any atom is -0.389 e. The maximum absolute atomic E-state index is 9.94. The van der Waals surface area contributed by atoms with Crippen LogP contribution in [0, 0.1) is 6.92 Å². The van der Waals surface area contributed by atoms with Crippen LogP contribution in [0.4, 0.5) is 5.69 Å². The molecule has 1 aliphatic carbocycles. The van der Waals surface area contributed by atoms with Crippen LogP contribution in [0.2, 0.25) is 0 Å². The van der Waals surface area contributed by atoms with E-state index in [9.17, 15) is 5.11 Å². The molecule has 0 radical (unpaired) electrons. The third kappa shape index (κ3) is 4.84. The molecular formula is C16H25NO2. The van der Waals surface area contributed by atoms with Gasteiger partial charge in [-0.2, -0.15) is 0 Å². The summed E-state index contributed by atoms with van der Waals surface area (Å²) in [5.74, 6) is 0. The van der Waals surface area contributed by atoms with Gasteiger partial charge in [0.1, 0.15) is 0 Å². The normalized spacial score (nSPS) is 18.2. The lowest BCUT2D eigenvalue weighted by Gasteiger charge is -2.23. The van der Waals surface area contributed by atoms with Crippen molar-refractivity contribution >= 4 is 5.69 Å². The smallest absolute Gasteiger partial charge is 0.0945 e. The summed E-state index contributed by atoms with van der Waals surface area (Å²) < 4.78 is 5.77. The van der Waals surface area contributed by atoms with E-state index in [4.69, 9.17) is 4.74 Å². The van der Waals surface area contributed by atoms with Gasteiger partial charge in [-0.1, -0.05) is 37.5 Å². The van der Waals surface area contributed by atoms with Crippen LogP contribution < -0.4 is 5.32 Å². The molecule has 2 rings (SSSR count). The quantitative estimate of drug-likeness (QED) is 0.828. The third-order valence-corrected chi connectivity index (χ3v) is 3.75. The highest BCUT2D eigenvalue weighted by Gasteiger charge is 2.15. The molecule has 0 amide bonds. The van der Waals surface area contributed by atoms with E-state index < -0.39 is 6.10 Å². The van der Waals surface area contributed by atoms with Crippen LogP contribution in [0.5, 0.6) is 0 Å². The predicted molar refractivity (Wildman–Crippen MR) is 78.5 cm³/mol. The molecule has 1 aromatic carbocycles. The first-order valence-corrected chi connectivity index (χ1v) is 7.35. The van der Waals surface area contributed by atoms with Gasteiger partial charge in [0.05, 0.1) is 18.8 Å². The molecule has 0 saturated heterocycles. The summed E-state index contributed by atoms with van der Waals surface area (Å²) in [6.07, 6.45) is 6.08. The molecule has 0 aromatic heterocycles. The number of anilines is 1. The fourth-order valence-electron chi connectivity index (χ4n) is 2.54. The monoisotopic (exact) mass is 263 g/mol.